The molecule has 1 rings (SSSR count). The predicted molar refractivity (Wildman–Crippen MR) is 75.7 cm³/mol. The van der Waals surface area contributed by atoms with Crippen LogP contribution in [-0.2, 0) is 14.6 Å². The number of nitrogens with two attached hydrogens (primary N) is 1. The van der Waals surface area contributed by atoms with Gasteiger partial charge in [-0.1, -0.05) is 26.0 Å². The SMILES string of the molecule is CC(C)CC(N)C(=O)Nc1ccccc1S(=O)(=O)C(F)F. The van der Waals surface area contributed by atoms with Gasteiger partial charge >= 0.3 is 5.76 Å². The molecule has 0 saturated carbocycles. The Balaban J connectivity index is 3.03. The van der Waals surface area contributed by atoms with Crippen molar-refractivity contribution in [2.24, 2.45) is 11.7 Å². The molecule has 0 aliphatic rings. The average Bonchev–Trinajstić information content (AvgIpc) is 2.38. The monoisotopic (exact) mass is 320 g/mol. The van der Waals surface area contributed by atoms with Gasteiger partial charge in [0.15, 0.2) is 0 Å². The summed E-state index contributed by atoms with van der Waals surface area (Å²) < 4.78 is 48.3. The van der Waals surface area contributed by atoms with Crippen molar-refractivity contribution < 1.29 is 22.0 Å². The Morgan fingerprint density at radius 2 is 1.86 bits per heavy atom. The molecule has 0 saturated heterocycles. The lowest BCUT2D eigenvalue weighted by molar-refractivity contribution is -0.117. The number of hydrogen-bond donors (Lipinski definition) is 2. The summed E-state index contributed by atoms with van der Waals surface area (Å²) in [6.45, 7) is 3.75. The summed E-state index contributed by atoms with van der Waals surface area (Å²) >= 11 is 0. The number of anilines is 1. The van der Waals surface area contributed by atoms with E-state index in [1.54, 1.807) is 0 Å². The van der Waals surface area contributed by atoms with Gasteiger partial charge in [0.05, 0.1) is 16.6 Å². The van der Waals surface area contributed by atoms with E-state index in [0.717, 1.165) is 6.07 Å². The van der Waals surface area contributed by atoms with Crippen LogP contribution in [0.2, 0.25) is 0 Å². The third-order valence-corrected chi connectivity index (χ3v) is 4.19. The van der Waals surface area contributed by atoms with E-state index in [1.807, 2.05) is 13.8 Å². The lowest BCUT2D eigenvalue weighted by Crippen LogP contribution is -2.37. The zero-order valence-electron chi connectivity index (χ0n) is 11.7. The van der Waals surface area contributed by atoms with E-state index in [1.165, 1.54) is 18.2 Å². The van der Waals surface area contributed by atoms with Gasteiger partial charge in [0.2, 0.25) is 15.7 Å². The maximum absolute atomic E-state index is 12.6. The van der Waals surface area contributed by atoms with Crippen LogP contribution in [0.15, 0.2) is 29.2 Å². The summed E-state index contributed by atoms with van der Waals surface area (Å²) in [7, 11) is -4.79. The summed E-state index contributed by atoms with van der Waals surface area (Å²) in [5, 5.41) is 2.30. The van der Waals surface area contributed by atoms with Crippen molar-refractivity contribution in [1.29, 1.82) is 0 Å². The van der Waals surface area contributed by atoms with Crippen LogP contribution in [0.5, 0.6) is 0 Å². The number of carbonyl (C=O) groups is 1. The molecule has 1 unspecified atom stereocenters. The second-order valence-electron chi connectivity index (χ2n) is 5.03. The number of amides is 1. The highest BCUT2D eigenvalue weighted by Crippen LogP contribution is 2.26. The first-order chi connectivity index (χ1) is 9.66. The van der Waals surface area contributed by atoms with E-state index >= 15 is 0 Å². The van der Waals surface area contributed by atoms with Crippen molar-refractivity contribution in [1.82, 2.24) is 0 Å². The molecule has 0 spiro atoms. The lowest BCUT2D eigenvalue weighted by atomic mass is 10.0. The van der Waals surface area contributed by atoms with Crippen molar-refractivity contribution in [2.45, 2.75) is 37.0 Å². The van der Waals surface area contributed by atoms with E-state index < -0.39 is 32.4 Å². The molecular weight excluding hydrogens is 302 g/mol. The summed E-state index contributed by atoms with van der Waals surface area (Å²) in [4.78, 5) is 11.3. The van der Waals surface area contributed by atoms with Crippen LogP contribution in [0.25, 0.3) is 0 Å². The minimum absolute atomic E-state index is 0.172. The molecule has 8 heteroatoms. The van der Waals surface area contributed by atoms with Crippen LogP contribution in [-0.4, -0.2) is 26.1 Å². The summed E-state index contributed by atoms with van der Waals surface area (Å²) in [5.41, 5.74) is 5.48. The molecule has 1 aromatic rings. The molecule has 0 aromatic heterocycles. The fourth-order valence-electron chi connectivity index (χ4n) is 1.75. The summed E-state index contributed by atoms with van der Waals surface area (Å²) in [6.07, 6.45) is 0.398. The summed E-state index contributed by atoms with van der Waals surface area (Å²) in [5.74, 6) is -3.99. The molecule has 0 bridgehead atoms. The highest BCUT2D eigenvalue weighted by atomic mass is 32.2. The molecule has 21 heavy (non-hydrogen) atoms. The minimum atomic E-state index is -4.79. The number of carbonyl (C=O) groups excluding carboxylic acids is 1. The predicted octanol–water partition coefficient (Wildman–Crippen LogP) is 1.99. The Labute approximate surface area is 122 Å². The van der Waals surface area contributed by atoms with E-state index in [-0.39, 0.29) is 11.6 Å². The van der Waals surface area contributed by atoms with E-state index in [0.29, 0.717) is 6.42 Å². The van der Waals surface area contributed by atoms with Crippen LogP contribution in [0.3, 0.4) is 0 Å². The third kappa shape index (κ3) is 4.47. The van der Waals surface area contributed by atoms with Gasteiger partial charge in [-0.3, -0.25) is 4.79 Å². The van der Waals surface area contributed by atoms with Crippen molar-refractivity contribution in [3.63, 3.8) is 0 Å². The minimum Gasteiger partial charge on any atom is -0.324 e. The number of halogens is 2. The quantitative estimate of drug-likeness (QED) is 0.839. The van der Waals surface area contributed by atoms with Crippen molar-refractivity contribution in [3.8, 4) is 0 Å². The zero-order valence-corrected chi connectivity index (χ0v) is 12.5. The van der Waals surface area contributed by atoms with Crippen LogP contribution >= 0.6 is 0 Å². The number of nitrogens with one attached hydrogen (secondary N) is 1. The highest BCUT2D eigenvalue weighted by molar-refractivity contribution is 7.91. The molecule has 3 N–H and O–H groups in total. The van der Waals surface area contributed by atoms with Gasteiger partial charge in [0, 0.05) is 0 Å². The first-order valence-corrected chi connectivity index (χ1v) is 7.88. The fraction of sp³-hybridized carbons (Fsp3) is 0.462. The van der Waals surface area contributed by atoms with Crippen LogP contribution < -0.4 is 11.1 Å². The van der Waals surface area contributed by atoms with Crippen molar-refractivity contribution in [2.75, 3.05) is 5.32 Å². The van der Waals surface area contributed by atoms with Crippen LogP contribution in [0.4, 0.5) is 14.5 Å². The molecule has 0 aliphatic carbocycles. The first kappa shape index (κ1) is 17.5. The van der Waals surface area contributed by atoms with Crippen molar-refractivity contribution in [3.05, 3.63) is 24.3 Å². The van der Waals surface area contributed by atoms with Gasteiger partial charge in [0.25, 0.3) is 0 Å². The molecular formula is C13H18F2N2O3S. The normalized spacial score (nSPS) is 13.5. The number of sulfone groups is 1. The maximum Gasteiger partial charge on any atom is 0.341 e. The molecule has 1 amide bonds. The zero-order chi connectivity index (χ0) is 16.2. The van der Waals surface area contributed by atoms with Gasteiger partial charge in [-0.15, -0.1) is 0 Å². The maximum atomic E-state index is 12.6. The second kappa shape index (κ2) is 6.95. The Kier molecular flexibility index (Phi) is 5.79. The van der Waals surface area contributed by atoms with Gasteiger partial charge in [-0.25, -0.2) is 8.42 Å². The van der Waals surface area contributed by atoms with Crippen molar-refractivity contribution >= 4 is 21.4 Å². The average molecular weight is 320 g/mol. The number of alkyl halides is 2. The number of hydrogen-bond acceptors (Lipinski definition) is 4. The Bertz CT molecular complexity index is 603. The van der Waals surface area contributed by atoms with Gasteiger partial charge in [0.1, 0.15) is 0 Å². The molecule has 0 fully saturated rings. The van der Waals surface area contributed by atoms with Gasteiger partial charge in [-0.05, 0) is 24.5 Å². The topological polar surface area (TPSA) is 89.3 Å². The molecule has 1 atom stereocenters. The Morgan fingerprint density at radius 1 is 1.29 bits per heavy atom. The third-order valence-electron chi connectivity index (χ3n) is 2.75. The number of para-hydroxylation sites is 1. The summed E-state index contributed by atoms with van der Waals surface area (Å²) in [6, 6.07) is 4.17. The van der Waals surface area contributed by atoms with E-state index in [2.05, 4.69) is 5.32 Å². The first-order valence-electron chi connectivity index (χ1n) is 6.33. The standard InChI is InChI=1S/C13H18F2N2O3S/c1-8(2)7-9(16)12(18)17-10-5-3-4-6-11(10)21(19,20)13(14)15/h3-6,8-9,13H,7,16H2,1-2H3,(H,17,18). The smallest absolute Gasteiger partial charge is 0.324 e. The fourth-order valence-corrected chi connectivity index (χ4v) is 2.64. The second-order valence-corrected chi connectivity index (χ2v) is 6.91. The van der Waals surface area contributed by atoms with Crippen LogP contribution in [0, 0.1) is 5.92 Å². The lowest BCUT2D eigenvalue weighted by Gasteiger charge is -2.16. The molecule has 118 valence electrons. The van der Waals surface area contributed by atoms with E-state index in [9.17, 15) is 22.0 Å². The number of rotatable bonds is 6. The molecule has 1 aromatic carbocycles. The highest BCUT2D eigenvalue weighted by Gasteiger charge is 2.29. The molecule has 0 radical (unpaired) electrons. The molecule has 0 heterocycles. The Morgan fingerprint density at radius 3 is 2.38 bits per heavy atom. The Hall–Kier alpha value is -1.54. The van der Waals surface area contributed by atoms with Gasteiger partial charge in [-0.2, -0.15) is 8.78 Å². The largest absolute Gasteiger partial charge is 0.341 e. The number of benzene rings is 1. The van der Waals surface area contributed by atoms with E-state index in [4.69, 9.17) is 5.73 Å². The van der Waals surface area contributed by atoms with Crippen LogP contribution in [0.1, 0.15) is 20.3 Å². The molecule has 0 aliphatic heterocycles. The molecule has 5 nitrogen and oxygen atoms in total. The van der Waals surface area contributed by atoms with Gasteiger partial charge < -0.3 is 11.1 Å².